The molecule has 21 heavy (non-hydrogen) atoms. The van der Waals surface area contributed by atoms with E-state index in [9.17, 15) is 0 Å². The lowest BCUT2D eigenvalue weighted by Crippen LogP contribution is -1.98. The Labute approximate surface area is 131 Å². The Morgan fingerprint density at radius 3 is 2.81 bits per heavy atom. The Bertz CT molecular complexity index is 847. The lowest BCUT2D eigenvalue weighted by Gasteiger charge is -2.05. The third-order valence-corrected chi connectivity index (χ3v) is 5.05. The van der Waals surface area contributed by atoms with Crippen LogP contribution < -0.4 is 5.73 Å². The van der Waals surface area contributed by atoms with Crippen LogP contribution in [0.25, 0.3) is 16.9 Å². The molecule has 0 atom stereocenters. The summed E-state index contributed by atoms with van der Waals surface area (Å²) in [6.45, 7) is 2.04. The number of aryl methyl sites for hydroxylation is 1. The van der Waals surface area contributed by atoms with Gasteiger partial charge in [0.05, 0.1) is 0 Å². The van der Waals surface area contributed by atoms with Crippen molar-refractivity contribution in [3.05, 3.63) is 52.1 Å². The molecule has 0 radical (unpaired) electrons. The van der Waals surface area contributed by atoms with Crippen molar-refractivity contribution < 1.29 is 0 Å². The van der Waals surface area contributed by atoms with Crippen molar-refractivity contribution in [2.45, 2.75) is 25.7 Å². The predicted octanol–water partition coefficient (Wildman–Crippen LogP) is 4.53. The van der Waals surface area contributed by atoms with E-state index in [-0.39, 0.29) is 0 Å². The molecule has 2 heterocycles. The van der Waals surface area contributed by atoms with Crippen LogP contribution in [0.3, 0.4) is 0 Å². The van der Waals surface area contributed by atoms with Gasteiger partial charge >= 0.3 is 0 Å². The summed E-state index contributed by atoms with van der Waals surface area (Å²) in [5.41, 5.74) is 11.7. The minimum Gasteiger partial charge on any atom is -0.383 e. The molecule has 0 spiro atoms. The minimum absolute atomic E-state index is 0.705. The normalized spacial score (nSPS) is 14.8. The lowest BCUT2D eigenvalue weighted by molar-refractivity contribution is 1.09. The highest BCUT2D eigenvalue weighted by Gasteiger charge is 2.24. The van der Waals surface area contributed by atoms with Crippen molar-refractivity contribution >= 4 is 27.4 Å². The van der Waals surface area contributed by atoms with Gasteiger partial charge in [-0.1, -0.05) is 18.2 Å². The summed E-state index contributed by atoms with van der Waals surface area (Å²) in [6.07, 6.45) is 2.60. The molecule has 3 nitrogen and oxygen atoms in total. The van der Waals surface area contributed by atoms with Gasteiger partial charge < -0.3 is 5.73 Å². The number of imidazole rings is 1. The summed E-state index contributed by atoms with van der Waals surface area (Å²) in [5, 5.41) is 0. The second kappa shape index (κ2) is 4.60. The summed E-state index contributed by atoms with van der Waals surface area (Å²) in [7, 11) is 0. The molecule has 2 aromatic heterocycles. The second-order valence-electron chi connectivity index (χ2n) is 5.71. The third kappa shape index (κ3) is 2.05. The Hall–Kier alpha value is -1.81. The zero-order chi connectivity index (χ0) is 14.6. The van der Waals surface area contributed by atoms with Crippen LogP contribution in [0.1, 0.15) is 30.0 Å². The topological polar surface area (TPSA) is 43.3 Å². The number of nitrogen functional groups attached to an aromatic ring is 1. The summed E-state index contributed by atoms with van der Waals surface area (Å²) in [4.78, 5) is 4.72. The van der Waals surface area contributed by atoms with E-state index in [0.717, 1.165) is 33.0 Å². The fourth-order valence-corrected chi connectivity index (χ4v) is 3.17. The highest BCUT2D eigenvalue weighted by atomic mass is 79.9. The number of aromatic nitrogens is 2. The summed E-state index contributed by atoms with van der Waals surface area (Å²) in [5.74, 6) is 1.44. The quantitative estimate of drug-likeness (QED) is 0.743. The van der Waals surface area contributed by atoms with Gasteiger partial charge in [0.1, 0.15) is 17.2 Å². The number of rotatable bonds is 2. The fourth-order valence-electron chi connectivity index (χ4n) is 2.86. The Balaban J connectivity index is 1.92. The monoisotopic (exact) mass is 341 g/mol. The van der Waals surface area contributed by atoms with Gasteiger partial charge in [0.15, 0.2) is 0 Å². The molecule has 1 aliphatic carbocycles. The molecule has 0 saturated heterocycles. The summed E-state index contributed by atoms with van der Waals surface area (Å²) in [6, 6.07) is 12.6. The van der Waals surface area contributed by atoms with Crippen LogP contribution in [-0.4, -0.2) is 9.38 Å². The molecule has 0 amide bonds. The van der Waals surface area contributed by atoms with Gasteiger partial charge in [0, 0.05) is 15.7 Å². The van der Waals surface area contributed by atoms with E-state index in [0.29, 0.717) is 5.82 Å². The molecule has 0 unspecified atom stereocenters. The maximum atomic E-state index is 6.36. The molecule has 1 fully saturated rings. The second-order valence-corrected chi connectivity index (χ2v) is 6.56. The van der Waals surface area contributed by atoms with E-state index in [1.54, 1.807) is 0 Å². The van der Waals surface area contributed by atoms with Crippen molar-refractivity contribution in [1.29, 1.82) is 0 Å². The number of hydrogen-bond acceptors (Lipinski definition) is 2. The maximum absolute atomic E-state index is 6.36. The summed E-state index contributed by atoms with van der Waals surface area (Å²) < 4.78 is 3.04. The minimum atomic E-state index is 0.705. The van der Waals surface area contributed by atoms with E-state index in [2.05, 4.69) is 40.2 Å². The van der Waals surface area contributed by atoms with Crippen LogP contribution in [0.15, 0.2) is 40.9 Å². The molecule has 3 aromatic rings. The van der Waals surface area contributed by atoms with Gasteiger partial charge in [-0.15, -0.1) is 0 Å². The van der Waals surface area contributed by atoms with Crippen LogP contribution in [0.2, 0.25) is 0 Å². The van der Waals surface area contributed by atoms with Crippen molar-refractivity contribution in [2.75, 3.05) is 5.73 Å². The molecule has 2 N–H and O–H groups in total. The molecule has 1 aliphatic rings. The van der Waals surface area contributed by atoms with E-state index < -0.39 is 0 Å². The van der Waals surface area contributed by atoms with Crippen LogP contribution in [0.5, 0.6) is 0 Å². The number of nitrogens with zero attached hydrogens (tertiary/aromatic N) is 2. The highest BCUT2D eigenvalue weighted by Crippen LogP contribution is 2.41. The average molecular weight is 342 g/mol. The van der Waals surface area contributed by atoms with E-state index in [1.165, 1.54) is 18.4 Å². The Morgan fingerprint density at radius 1 is 1.24 bits per heavy atom. The van der Waals surface area contributed by atoms with Crippen LogP contribution in [-0.2, 0) is 0 Å². The number of pyridine rings is 1. The van der Waals surface area contributed by atoms with Crippen molar-refractivity contribution in [2.24, 2.45) is 0 Å². The zero-order valence-electron chi connectivity index (χ0n) is 11.8. The van der Waals surface area contributed by atoms with Crippen molar-refractivity contribution in [3.63, 3.8) is 0 Å². The molecular weight excluding hydrogens is 326 g/mol. The van der Waals surface area contributed by atoms with E-state index in [1.807, 2.05) is 23.5 Å². The number of benzene rings is 1. The van der Waals surface area contributed by atoms with Crippen molar-refractivity contribution in [3.8, 4) is 11.3 Å². The van der Waals surface area contributed by atoms with Gasteiger partial charge in [-0.05, 0) is 65.4 Å². The van der Waals surface area contributed by atoms with Gasteiger partial charge in [-0.25, -0.2) is 4.98 Å². The lowest BCUT2D eigenvalue weighted by atomic mass is 10.1. The number of anilines is 1. The number of fused-ring (bicyclic) bond motifs is 1. The zero-order valence-corrected chi connectivity index (χ0v) is 13.4. The first-order chi connectivity index (χ1) is 10.1. The maximum Gasteiger partial charge on any atom is 0.139 e. The fraction of sp³-hybridized carbons (Fsp3) is 0.235. The van der Waals surface area contributed by atoms with Gasteiger partial charge in [0.2, 0.25) is 0 Å². The molecule has 0 bridgehead atoms. The standard InChI is InChI=1S/C17H16BrN3/c1-10-14(18)7-8-15-20-16(17(19)21(10)15)13-4-2-3-12(9-13)11-5-6-11/h2-4,7-9,11H,5-6,19H2,1H3. The SMILES string of the molecule is Cc1c(Br)ccc2nc(-c3cccc(C4CC4)c3)c(N)n12. The number of halogens is 1. The Morgan fingerprint density at radius 2 is 2.05 bits per heavy atom. The van der Waals surface area contributed by atoms with Gasteiger partial charge in [-0.2, -0.15) is 0 Å². The summed E-state index contributed by atoms with van der Waals surface area (Å²) >= 11 is 3.55. The van der Waals surface area contributed by atoms with E-state index in [4.69, 9.17) is 10.7 Å². The largest absolute Gasteiger partial charge is 0.383 e. The van der Waals surface area contributed by atoms with E-state index >= 15 is 0 Å². The van der Waals surface area contributed by atoms with Crippen LogP contribution in [0.4, 0.5) is 5.82 Å². The van der Waals surface area contributed by atoms with Crippen LogP contribution in [0, 0.1) is 6.92 Å². The molecule has 106 valence electrons. The van der Waals surface area contributed by atoms with Crippen molar-refractivity contribution in [1.82, 2.24) is 9.38 Å². The first-order valence-electron chi connectivity index (χ1n) is 7.18. The third-order valence-electron chi connectivity index (χ3n) is 4.21. The molecule has 1 aromatic carbocycles. The number of nitrogens with two attached hydrogens (primary N) is 1. The van der Waals surface area contributed by atoms with Crippen LogP contribution >= 0.6 is 15.9 Å². The van der Waals surface area contributed by atoms with Gasteiger partial charge in [0.25, 0.3) is 0 Å². The number of hydrogen-bond donors (Lipinski definition) is 1. The molecule has 4 heteroatoms. The molecule has 1 saturated carbocycles. The molecular formula is C17H16BrN3. The highest BCUT2D eigenvalue weighted by molar-refractivity contribution is 9.10. The molecule has 4 rings (SSSR count). The average Bonchev–Trinajstić information content (AvgIpc) is 3.28. The first-order valence-corrected chi connectivity index (χ1v) is 7.98. The van der Waals surface area contributed by atoms with Gasteiger partial charge in [-0.3, -0.25) is 4.40 Å². The Kier molecular flexibility index (Phi) is 2.82. The molecule has 0 aliphatic heterocycles. The predicted molar refractivity (Wildman–Crippen MR) is 89.5 cm³/mol. The smallest absolute Gasteiger partial charge is 0.139 e. The first kappa shape index (κ1) is 12.9.